The fourth-order valence-corrected chi connectivity index (χ4v) is 3.82. The summed E-state index contributed by atoms with van der Waals surface area (Å²) in [6.45, 7) is 0. The van der Waals surface area contributed by atoms with Crippen LogP contribution in [0.3, 0.4) is 0 Å². The molecule has 6 heteroatoms. The SMILES string of the molecule is O=C(Oc1ccc2c(=O)c(Oc3ccc4ccccc4c3)coc2c1)c1ccccc1Br. The molecule has 0 aliphatic rings. The van der Waals surface area contributed by atoms with Crippen molar-refractivity contribution in [2.24, 2.45) is 0 Å². The van der Waals surface area contributed by atoms with Gasteiger partial charge in [-0.25, -0.2) is 4.79 Å². The number of hydrogen-bond acceptors (Lipinski definition) is 5. The van der Waals surface area contributed by atoms with Gasteiger partial charge in [-0.3, -0.25) is 4.79 Å². The number of carbonyl (C=O) groups is 1. The molecule has 4 aromatic carbocycles. The van der Waals surface area contributed by atoms with E-state index >= 15 is 0 Å². The molecule has 0 saturated carbocycles. The van der Waals surface area contributed by atoms with Gasteiger partial charge in [-0.2, -0.15) is 0 Å². The van der Waals surface area contributed by atoms with Crippen molar-refractivity contribution < 1.29 is 18.7 Å². The quantitative estimate of drug-likeness (QED) is 0.208. The Morgan fingerprint density at radius 1 is 0.812 bits per heavy atom. The Labute approximate surface area is 190 Å². The summed E-state index contributed by atoms with van der Waals surface area (Å²) in [5, 5.41) is 2.41. The van der Waals surface area contributed by atoms with Gasteiger partial charge in [-0.05, 0) is 63.1 Å². The number of esters is 1. The average molecular weight is 487 g/mol. The lowest BCUT2D eigenvalue weighted by molar-refractivity contribution is 0.0734. The molecule has 5 rings (SSSR count). The van der Waals surface area contributed by atoms with Crippen molar-refractivity contribution in [3.8, 4) is 17.2 Å². The summed E-state index contributed by atoms with van der Waals surface area (Å²) in [6.07, 6.45) is 1.26. The maximum atomic E-state index is 12.9. The predicted octanol–water partition coefficient (Wildman–Crippen LogP) is 6.72. The van der Waals surface area contributed by atoms with Gasteiger partial charge in [0, 0.05) is 10.5 Å². The largest absolute Gasteiger partial charge is 0.460 e. The molecule has 0 aliphatic carbocycles. The standard InChI is InChI=1S/C26H15BrO5/c27-22-8-4-3-7-20(22)26(29)32-19-11-12-21-23(14-19)30-15-24(25(21)28)31-18-10-9-16-5-1-2-6-17(16)13-18/h1-15H. The summed E-state index contributed by atoms with van der Waals surface area (Å²) < 4.78 is 17.5. The summed E-state index contributed by atoms with van der Waals surface area (Å²) in [5.74, 6) is 0.361. The van der Waals surface area contributed by atoms with Crippen LogP contribution in [0.4, 0.5) is 0 Å². The molecule has 156 valence electrons. The highest BCUT2D eigenvalue weighted by atomic mass is 79.9. The van der Waals surface area contributed by atoms with E-state index in [9.17, 15) is 9.59 Å². The Morgan fingerprint density at radius 3 is 2.41 bits per heavy atom. The van der Waals surface area contributed by atoms with Gasteiger partial charge in [-0.1, -0.05) is 42.5 Å². The molecular formula is C26H15BrO5. The highest BCUT2D eigenvalue weighted by molar-refractivity contribution is 9.10. The molecule has 5 nitrogen and oxygen atoms in total. The monoisotopic (exact) mass is 486 g/mol. The number of ether oxygens (including phenoxy) is 2. The smallest absolute Gasteiger partial charge is 0.344 e. The Morgan fingerprint density at radius 2 is 1.56 bits per heavy atom. The van der Waals surface area contributed by atoms with Crippen LogP contribution in [-0.2, 0) is 0 Å². The minimum absolute atomic E-state index is 0.0748. The fourth-order valence-electron chi connectivity index (χ4n) is 3.37. The highest BCUT2D eigenvalue weighted by Crippen LogP contribution is 2.27. The zero-order chi connectivity index (χ0) is 22.1. The van der Waals surface area contributed by atoms with E-state index in [0.29, 0.717) is 26.8 Å². The van der Waals surface area contributed by atoms with Gasteiger partial charge >= 0.3 is 5.97 Å². The zero-order valence-corrected chi connectivity index (χ0v) is 18.2. The minimum Gasteiger partial charge on any atom is -0.460 e. The Hall–Kier alpha value is -3.90. The second-order valence-electron chi connectivity index (χ2n) is 7.07. The van der Waals surface area contributed by atoms with Crippen molar-refractivity contribution in [2.45, 2.75) is 0 Å². The molecule has 0 spiro atoms. The summed E-state index contributed by atoms with van der Waals surface area (Å²) in [7, 11) is 0. The number of benzene rings is 4. The third kappa shape index (κ3) is 3.88. The number of rotatable bonds is 4. The van der Waals surface area contributed by atoms with E-state index in [1.54, 1.807) is 36.4 Å². The summed E-state index contributed by atoms with van der Waals surface area (Å²) in [4.78, 5) is 25.3. The molecule has 32 heavy (non-hydrogen) atoms. The first-order valence-corrected chi connectivity index (χ1v) is 10.6. The lowest BCUT2D eigenvalue weighted by atomic mass is 10.1. The minimum atomic E-state index is -0.518. The van der Waals surface area contributed by atoms with Crippen LogP contribution >= 0.6 is 15.9 Å². The summed E-state index contributed by atoms with van der Waals surface area (Å²) in [6, 6.07) is 25.1. The molecule has 0 saturated heterocycles. The van der Waals surface area contributed by atoms with Crippen LogP contribution in [0.2, 0.25) is 0 Å². The van der Waals surface area contributed by atoms with Gasteiger partial charge in [0.15, 0.2) is 0 Å². The van der Waals surface area contributed by atoms with Crippen molar-refractivity contribution in [3.63, 3.8) is 0 Å². The molecule has 0 atom stereocenters. The molecule has 0 fully saturated rings. The van der Waals surface area contributed by atoms with Gasteiger partial charge in [0.05, 0.1) is 10.9 Å². The van der Waals surface area contributed by atoms with E-state index < -0.39 is 5.97 Å². The van der Waals surface area contributed by atoms with Crippen LogP contribution in [0, 0.1) is 0 Å². The second-order valence-corrected chi connectivity index (χ2v) is 7.92. The molecule has 0 amide bonds. The highest BCUT2D eigenvalue weighted by Gasteiger charge is 2.14. The van der Waals surface area contributed by atoms with Crippen LogP contribution in [0.25, 0.3) is 21.7 Å². The van der Waals surface area contributed by atoms with Crippen molar-refractivity contribution in [2.75, 3.05) is 0 Å². The molecule has 1 aromatic heterocycles. The van der Waals surface area contributed by atoms with Crippen molar-refractivity contribution in [1.29, 1.82) is 0 Å². The number of fused-ring (bicyclic) bond motifs is 2. The first kappa shape index (κ1) is 20.0. The Kier molecular flexibility index (Phi) is 5.21. The molecule has 0 N–H and O–H groups in total. The van der Waals surface area contributed by atoms with Crippen LogP contribution in [0.15, 0.2) is 105 Å². The van der Waals surface area contributed by atoms with Gasteiger partial charge in [0.1, 0.15) is 23.3 Å². The first-order chi connectivity index (χ1) is 15.6. The van der Waals surface area contributed by atoms with E-state index in [0.717, 1.165) is 10.8 Å². The molecular weight excluding hydrogens is 472 g/mol. The van der Waals surface area contributed by atoms with Gasteiger partial charge in [-0.15, -0.1) is 0 Å². The van der Waals surface area contributed by atoms with Crippen molar-refractivity contribution in [1.82, 2.24) is 0 Å². The fraction of sp³-hybridized carbons (Fsp3) is 0. The number of hydrogen-bond donors (Lipinski definition) is 0. The molecule has 0 unspecified atom stereocenters. The van der Waals surface area contributed by atoms with Crippen LogP contribution in [0.5, 0.6) is 17.2 Å². The van der Waals surface area contributed by atoms with E-state index in [2.05, 4.69) is 15.9 Å². The normalized spacial score (nSPS) is 10.9. The maximum absolute atomic E-state index is 12.9. The first-order valence-electron chi connectivity index (χ1n) is 9.77. The van der Waals surface area contributed by atoms with E-state index in [4.69, 9.17) is 13.9 Å². The maximum Gasteiger partial charge on any atom is 0.344 e. The topological polar surface area (TPSA) is 65.7 Å². The number of halogens is 1. The van der Waals surface area contributed by atoms with Gasteiger partial charge < -0.3 is 13.9 Å². The number of carbonyl (C=O) groups excluding carboxylic acids is 1. The van der Waals surface area contributed by atoms with Gasteiger partial charge in [0.2, 0.25) is 11.2 Å². The lowest BCUT2D eigenvalue weighted by Gasteiger charge is -2.08. The lowest BCUT2D eigenvalue weighted by Crippen LogP contribution is -2.09. The van der Waals surface area contributed by atoms with E-state index in [1.807, 2.05) is 42.5 Å². The molecule has 0 bridgehead atoms. The average Bonchev–Trinajstić information content (AvgIpc) is 2.81. The zero-order valence-electron chi connectivity index (χ0n) is 16.6. The Bertz CT molecular complexity index is 1540. The van der Waals surface area contributed by atoms with Crippen LogP contribution < -0.4 is 14.9 Å². The summed E-state index contributed by atoms with van der Waals surface area (Å²) in [5.41, 5.74) is 0.370. The molecule has 1 heterocycles. The second kappa shape index (κ2) is 8.32. The van der Waals surface area contributed by atoms with E-state index in [1.165, 1.54) is 12.3 Å². The van der Waals surface area contributed by atoms with Crippen molar-refractivity contribution >= 4 is 43.6 Å². The van der Waals surface area contributed by atoms with Crippen LogP contribution in [-0.4, -0.2) is 5.97 Å². The molecule has 0 radical (unpaired) electrons. The van der Waals surface area contributed by atoms with E-state index in [-0.39, 0.29) is 16.9 Å². The third-order valence-electron chi connectivity index (χ3n) is 4.97. The summed E-state index contributed by atoms with van der Waals surface area (Å²) >= 11 is 3.33. The van der Waals surface area contributed by atoms with Crippen LogP contribution in [0.1, 0.15) is 10.4 Å². The molecule has 5 aromatic rings. The predicted molar refractivity (Wildman–Crippen MR) is 126 cm³/mol. The third-order valence-corrected chi connectivity index (χ3v) is 5.66. The van der Waals surface area contributed by atoms with Gasteiger partial charge in [0.25, 0.3) is 0 Å². The molecule has 0 aliphatic heterocycles. The van der Waals surface area contributed by atoms with Crippen molar-refractivity contribution in [3.05, 3.63) is 111 Å². The Balaban J connectivity index is 1.42.